The van der Waals surface area contributed by atoms with Gasteiger partial charge in [-0.05, 0) is 55.2 Å². The molecule has 28 heavy (non-hydrogen) atoms. The molecule has 2 aromatic carbocycles. The van der Waals surface area contributed by atoms with Crippen LogP contribution in [0.2, 0.25) is 0 Å². The second kappa shape index (κ2) is 10.7. The fraction of sp³-hybridized carbons (Fsp3) is 0.478. The molecule has 0 aliphatic carbocycles. The molecule has 0 radical (unpaired) electrons. The molecule has 154 valence electrons. The van der Waals surface area contributed by atoms with Gasteiger partial charge in [0.1, 0.15) is 0 Å². The molecule has 5 heteroatoms. The zero-order valence-electron chi connectivity index (χ0n) is 17.1. The molecule has 2 aromatic rings. The third-order valence-corrected chi connectivity index (χ3v) is 5.95. The van der Waals surface area contributed by atoms with Crippen LogP contribution in [0, 0.1) is 0 Å². The van der Waals surface area contributed by atoms with Gasteiger partial charge in [-0.2, -0.15) is 0 Å². The number of quaternary nitrogens is 1. The van der Waals surface area contributed by atoms with E-state index >= 15 is 0 Å². The van der Waals surface area contributed by atoms with E-state index in [1.54, 1.807) is 0 Å². The molecule has 0 saturated carbocycles. The van der Waals surface area contributed by atoms with Crippen molar-refractivity contribution in [3.8, 4) is 0 Å². The molecule has 0 aliphatic rings. The van der Waals surface area contributed by atoms with E-state index in [4.69, 9.17) is 0 Å². The lowest BCUT2D eigenvalue weighted by Gasteiger charge is -2.30. The second-order valence-corrected chi connectivity index (χ2v) is 9.81. The summed E-state index contributed by atoms with van der Waals surface area (Å²) < 4.78 is 32.8. The highest BCUT2D eigenvalue weighted by molar-refractivity contribution is 7.85. The zero-order chi connectivity index (χ0) is 20.5. The maximum Gasteiger partial charge on any atom is 0.0945 e. The largest absolute Gasteiger partial charge is 0.748 e. The molecule has 0 atom stereocenters. The Kier molecular flexibility index (Phi) is 8.67. The van der Waals surface area contributed by atoms with Crippen molar-refractivity contribution in [1.82, 2.24) is 0 Å². The molecule has 0 aromatic heterocycles. The van der Waals surface area contributed by atoms with Crippen molar-refractivity contribution in [2.24, 2.45) is 0 Å². The summed E-state index contributed by atoms with van der Waals surface area (Å²) in [5.74, 6) is -0.243. The van der Waals surface area contributed by atoms with Crippen LogP contribution >= 0.6 is 0 Å². The van der Waals surface area contributed by atoms with E-state index in [0.29, 0.717) is 6.42 Å². The third-order valence-electron chi connectivity index (χ3n) is 5.16. The molecular formula is C23H33NO3S. The maximum atomic E-state index is 10.7. The molecule has 0 heterocycles. The Hall–Kier alpha value is -1.69. The van der Waals surface area contributed by atoms with E-state index in [1.165, 1.54) is 16.7 Å². The summed E-state index contributed by atoms with van der Waals surface area (Å²) in [6.07, 6.45) is 5.58. The summed E-state index contributed by atoms with van der Waals surface area (Å²) in [5.41, 5.74) is 4.05. The van der Waals surface area contributed by atoms with E-state index in [9.17, 15) is 13.0 Å². The van der Waals surface area contributed by atoms with Crippen LogP contribution in [0.3, 0.4) is 0 Å². The average molecular weight is 404 g/mol. The van der Waals surface area contributed by atoms with Gasteiger partial charge in [0.05, 0.1) is 37.3 Å². The van der Waals surface area contributed by atoms with Crippen LogP contribution in [0.25, 0.3) is 0 Å². The molecule has 0 fully saturated rings. The van der Waals surface area contributed by atoms with Gasteiger partial charge in [-0.1, -0.05) is 54.6 Å². The minimum absolute atomic E-state index is 0.243. The third kappa shape index (κ3) is 9.49. The Morgan fingerprint density at radius 2 is 1.29 bits per heavy atom. The smallest absolute Gasteiger partial charge is 0.0945 e. The van der Waals surface area contributed by atoms with Gasteiger partial charge < -0.3 is 9.04 Å². The molecule has 0 spiro atoms. The first-order chi connectivity index (χ1) is 13.2. The first kappa shape index (κ1) is 22.6. The zero-order valence-corrected chi connectivity index (χ0v) is 18.0. The predicted molar refractivity (Wildman–Crippen MR) is 114 cm³/mol. The molecule has 0 amide bonds. The highest BCUT2D eigenvalue weighted by atomic mass is 32.2. The first-order valence-electron chi connectivity index (χ1n) is 10.1. The van der Waals surface area contributed by atoms with Crippen molar-refractivity contribution < 1.29 is 17.5 Å². The molecule has 0 unspecified atom stereocenters. The Labute approximate surface area is 170 Å². The lowest BCUT2D eigenvalue weighted by atomic mass is 10.0. The molecule has 0 N–H and O–H groups in total. The second-order valence-electron chi connectivity index (χ2n) is 8.29. The predicted octanol–water partition coefficient (Wildman–Crippen LogP) is 4.00. The maximum absolute atomic E-state index is 10.7. The lowest BCUT2D eigenvalue weighted by molar-refractivity contribution is -0.890. The molecule has 4 nitrogen and oxygen atoms in total. The molecule has 0 aliphatic heterocycles. The van der Waals surface area contributed by atoms with Gasteiger partial charge in [0.25, 0.3) is 0 Å². The average Bonchev–Trinajstić information content (AvgIpc) is 2.64. The van der Waals surface area contributed by atoms with Gasteiger partial charge in [-0.25, -0.2) is 8.42 Å². The summed E-state index contributed by atoms with van der Waals surface area (Å²) in [4.78, 5) is 0. The Morgan fingerprint density at radius 1 is 0.750 bits per heavy atom. The van der Waals surface area contributed by atoms with E-state index in [0.717, 1.165) is 49.7 Å². The van der Waals surface area contributed by atoms with Gasteiger partial charge in [0.2, 0.25) is 0 Å². The van der Waals surface area contributed by atoms with Crippen LogP contribution < -0.4 is 0 Å². The van der Waals surface area contributed by atoms with E-state index in [-0.39, 0.29) is 5.75 Å². The van der Waals surface area contributed by atoms with E-state index in [1.807, 2.05) is 6.07 Å². The van der Waals surface area contributed by atoms with Crippen molar-refractivity contribution in [3.05, 3.63) is 71.3 Å². The Morgan fingerprint density at radius 3 is 1.89 bits per heavy atom. The van der Waals surface area contributed by atoms with Crippen molar-refractivity contribution in [1.29, 1.82) is 0 Å². The van der Waals surface area contributed by atoms with Gasteiger partial charge in [-0.3, -0.25) is 0 Å². The van der Waals surface area contributed by atoms with Crippen LogP contribution in [-0.4, -0.2) is 50.4 Å². The van der Waals surface area contributed by atoms with Crippen molar-refractivity contribution in [2.45, 2.75) is 38.5 Å². The molecule has 2 rings (SSSR count). The summed E-state index contributed by atoms with van der Waals surface area (Å²) in [6.45, 7) is 1.97. The minimum atomic E-state index is -4.07. The van der Waals surface area contributed by atoms with Crippen LogP contribution in [-0.2, 0) is 23.0 Å². The van der Waals surface area contributed by atoms with E-state index in [2.05, 4.69) is 62.6 Å². The topological polar surface area (TPSA) is 57.2 Å². The number of hydrogen-bond donors (Lipinski definition) is 0. The minimum Gasteiger partial charge on any atom is -0.748 e. The quantitative estimate of drug-likeness (QED) is 0.306. The highest BCUT2D eigenvalue weighted by Gasteiger charge is 2.14. The molecule has 0 bridgehead atoms. The van der Waals surface area contributed by atoms with Gasteiger partial charge in [-0.15, -0.1) is 0 Å². The lowest BCUT2D eigenvalue weighted by Crippen LogP contribution is -2.41. The number of hydrogen-bond acceptors (Lipinski definition) is 3. The van der Waals surface area contributed by atoms with Crippen LogP contribution in [0.4, 0.5) is 0 Å². The summed E-state index contributed by atoms with van der Waals surface area (Å²) in [6, 6.07) is 19.5. The molecule has 0 saturated heterocycles. The van der Waals surface area contributed by atoms with Crippen LogP contribution in [0.5, 0.6) is 0 Å². The van der Waals surface area contributed by atoms with Gasteiger partial charge >= 0.3 is 0 Å². The first-order valence-corrected chi connectivity index (χ1v) is 11.7. The van der Waals surface area contributed by atoms with Crippen LogP contribution in [0.15, 0.2) is 54.6 Å². The van der Waals surface area contributed by atoms with Crippen molar-refractivity contribution >= 4 is 10.1 Å². The normalized spacial score (nSPS) is 12.2. The van der Waals surface area contributed by atoms with Gasteiger partial charge in [0, 0.05) is 5.75 Å². The number of nitrogens with zero attached hydrogens (tertiary/aromatic N) is 1. The molecular weight excluding hydrogens is 370 g/mol. The number of benzene rings is 2. The summed E-state index contributed by atoms with van der Waals surface area (Å²) in [5, 5.41) is 0. The summed E-state index contributed by atoms with van der Waals surface area (Å²) >= 11 is 0. The SMILES string of the molecule is C[N+](C)(CCCCc1ccc(Cc2ccccc2)cc1)CCCCS(=O)(=O)[O-]. The van der Waals surface area contributed by atoms with Crippen molar-refractivity contribution in [2.75, 3.05) is 32.9 Å². The van der Waals surface area contributed by atoms with E-state index < -0.39 is 10.1 Å². The number of unbranched alkanes of at least 4 members (excludes halogenated alkanes) is 2. The Bertz CT molecular complexity index is 800. The Balaban J connectivity index is 1.65. The number of rotatable bonds is 12. The monoisotopic (exact) mass is 403 g/mol. The summed E-state index contributed by atoms with van der Waals surface area (Å²) in [7, 11) is 0.270. The van der Waals surface area contributed by atoms with Crippen molar-refractivity contribution in [3.63, 3.8) is 0 Å². The standard InChI is InChI=1S/C23H33NO3S/c1-24(2,18-8-9-19-28(25,26)27)17-7-6-10-21-13-15-23(16-14-21)20-22-11-4-3-5-12-22/h3-5,11-16H,6-10,17-20H2,1-2H3. The fourth-order valence-corrected chi connectivity index (χ4v) is 4.01. The fourth-order valence-electron chi connectivity index (χ4n) is 3.45. The number of aryl methyl sites for hydroxylation is 1. The van der Waals surface area contributed by atoms with Crippen LogP contribution in [0.1, 0.15) is 42.4 Å². The van der Waals surface area contributed by atoms with Gasteiger partial charge in [0.15, 0.2) is 0 Å². The highest BCUT2D eigenvalue weighted by Crippen LogP contribution is 2.13.